The van der Waals surface area contributed by atoms with E-state index in [2.05, 4.69) is 10.1 Å². The number of carbonyl (C=O) groups excluding carboxylic acids is 1. The summed E-state index contributed by atoms with van der Waals surface area (Å²) < 4.78 is 20.5. The van der Waals surface area contributed by atoms with Crippen LogP contribution >= 0.6 is 0 Å². The monoisotopic (exact) mass is 277 g/mol. The summed E-state index contributed by atoms with van der Waals surface area (Å²) in [5.74, 6) is -0.235. The van der Waals surface area contributed by atoms with Crippen LogP contribution in [0.15, 0.2) is 24.5 Å². The van der Waals surface area contributed by atoms with Crippen LogP contribution in [-0.4, -0.2) is 27.7 Å². The average Bonchev–Trinajstić information content (AvgIpc) is 2.86. The minimum atomic E-state index is -0.593. The fourth-order valence-electron chi connectivity index (χ4n) is 2.01. The van der Waals surface area contributed by atoms with Gasteiger partial charge in [0.25, 0.3) is 0 Å². The maximum absolute atomic E-state index is 13.8. The molecule has 0 bridgehead atoms. The molecule has 0 N–H and O–H groups in total. The van der Waals surface area contributed by atoms with Gasteiger partial charge in [-0.1, -0.05) is 6.07 Å². The summed E-state index contributed by atoms with van der Waals surface area (Å²) in [5.41, 5.74) is -0.0479. The van der Waals surface area contributed by atoms with E-state index in [1.807, 2.05) is 13.8 Å². The lowest BCUT2D eigenvalue weighted by Gasteiger charge is -2.11. The molecule has 0 saturated heterocycles. The van der Waals surface area contributed by atoms with E-state index in [9.17, 15) is 9.18 Å². The Kier molecular flexibility index (Phi) is 4.12. The molecule has 1 aromatic carbocycles. The Hall–Kier alpha value is -2.24. The van der Waals surface area contributed by atoms with Crippen molar-refractivity contribution >= 4 is 5.78 Å². The molecule has 0 atom stereocenters. The highest BCUT2D eigenvalue weighted by Crippen LogP contribution is 2.23. The number of hydrogen-bond donors (Lipinski definition) is 0. The molecule has 0 spiro atoms. The second-order valence-electron chi connectivity index (χ2n) is 4.63. The lowest BCUT2D eigenvalue weighted by Crippen LogP contribution is -2.14. The normalized spacial score (nSPS) is 10.8. The molecule has 0 aliphatic carbocycles. The van der Waals surface area contributed by atoms with Crippen LogP contribution in [0.3, 0.4) is 0 Å². The zero-order chi connectivity index (χ0) is 14.7. The molecule has 0 aliphatic heterocycles. The topological polar surface area (TPSA) is 57.0 Å². The van der Waals surface area contributed by atoms with Crippen molar-refractivity contribution in [2.24, 2.45) is 0 Å². The molecular formula is C14H16FN3O2. The van der Waals surface area contributed by atoms with Gasteiger partial charge in [0.1, 0.15) is 23.7 Å². The first-order valence-corrected chi connectivity index (χ1v) is 6.28. The highest BCUT2D eigenvalue weighted by atomic mass is 19.1. The van der Waals surface area contributed by atoms with Gasteiger partial charge in [-0.2, -0.15) is 5.10 Å². The largest absolute Gasteiger partial charge is 0.496 e. The molecule has 0 amide bonds. The van der Waals surface area contributed by atoms with Gasteiger partial charge in [-0.05, 0) is 26.0 Å². The fourth-order valence-corrected chi connectivity index (χ4v) is 2.01. The first-order valence-electron chi connectivity index (χ1n) is 6.28. The van der Waals surface area contributed by atoms with E-state index < -0.39 is 5.82 Å². The summed E-state index contributed by atoms with van der Waals surface area (Å²) in [6.45, 7) is 3.87. The number of rotatable bonds is 5. The summed E-state index contributed by atoms with van der Waals surface area (Å²) in [7, 11) is 1.40. The highest BCUT2D eigenvalue weighted by Gasteiger charge is 2.20. The van der Waals surface area contributed by atoms with Crippen LogP contribution < -0.4 is 4.74 Å². The predicted molar refractivity (Wildman–Crippen MR) is 71.4 cm³/mol. The fraction of sp³-hybridized carbons (Fsp3) is 0.357. The van der Waals surface area contributed by atoms with Gasteiger partial charge in [0.2, 0.25) is 0 Å². The molecule has 1 aromatic heterocycles. The van der Waals surface area contributed by atoms with E-state index in [-0.39, 0.29) is 29.6 Å². The summed E-state index contributed by atoms with van der Waals surface area (Å²) >= 11 is 0. The number of carbonyl (C=O) groups is 1. The third-order valence-corrected chi connectivity index (χ3v) is 2.93. The number of aromatic nitrogens is 3. The minimum Gasteiger partial charge on any atom is -0.496 e. The highest BCUT2D eigenvalue weighted by molar-refractivity contribution is 5.99. The van der Waals surface area contributed by atoms with Crippen molar-refractivity contribution in [1.29, 1.82) is 0 Å². The van der Waals surface area contributed by atoms with Gasteiger partial charge >= 0.3 is 0 Å². The van der Waals surface area contributed by atoms with Gasteiger partial charge in [0.15, 0.2) is 5.78 Å². The lowest BCUT2D eigenvalue weighted by atomic mass is 10.1. The van der Waals surface area contributed by atoms with Crippen LogP contribution in [0.2, 0.25) is 0 Å². The van der Waals surface area contributed by atoms with E-state index in [0.717, 1.165) is 0 Å². The lowest BCUT2D eigenvalue weighted by molar-refractivity contribution is 0.0982. The Morgan fingerprint density at radius 1 is 1.45 bits per heavy atom. The minimum absolute atomic E-state index is 0.0184. The molecule has 20 heavy (non-hydrogen) atoms. The summed E-state index contributed by atoms with van der Waals surface area (Å²) in [6.07, 6.45) is 1.37. The van der Waals surface area contributed by atoms with Crippen LogP contribution in [0.25, 0.3) is 0 Å². The maximum atomic E-state index is 13.8. The van der Waals surface area contributed by atoms with E-state index in [1.165, 1.54) is 25.6 Å². The Labute approximate surface area is 116 Å². The van der Waals surface area contributed by atoms with Crippen molar-refractivity contribution < 1.29 is 13.9 Å². The number of halogens is 1. The van der Waals surface area contributed by atoms with E-state index in [0.29, 0.717) is 5.82 Å². The third-order valence-electron chi connectivity index (χ3n) is 2.93. The predicted octanol–water partition coefficient (Wildman–Crippen LogP) is 2.43. The van der Waals surface area contributed by atoms with Gasteiger partial charge < -0.3 is 4.74 Å². The Morgan fingerprint density at radius 2 is 2.20 bits per heavy atom. The molecule has 5 nitrogen and oxygen atoms in total. The van der Waals surface area contributed by atoms with E-state index >= 15 is 0 Å². The van der Waals surface area contributed by atoms with Gasteiger partial charge in [-0.25, -0.2) is 14.1 Å². The molecule has 0 unspecified atom stereocenters. The second-order valence-corrected chi connectivity index (χ2v) is 4.63. The van der Waals surface area contributed by atoms with Crippen molar-refractivity contribution in [2.45, 2.75) is 26.3 Å². The van der Waals surface area contributed by atoms with Gasteiger partial charge in [-0.15, -0.1) is 0 Å². The number of methoxy groups -OCH3 is 1. The molecule has 0 fully saturated rings. The number of ketones is 1. The molecule has 2 aromatic rings. The number of Topliss-reactive ketones (excluding diaryl/α,β-unsaturated/α-hetero) is 1. The zero-order valence-corrected chi connectivity index (χ0v) is 11.6. The van der Waals surface area contributed by atoms with Crippen molar-refractivity contribution in [2.75, 3.05) is 7.11 Å². The molecular weight excluding hydrogens is 261 g/mol. The second kappa shape index (κ2) is 5.81. The van der Waals surface area contributed by atoms with E-state index in [1.54, 1.807) is 10.7 Å². The van der Waals surface area contributed by atoms with Crippen molar-refractivity contribution in [1.82, 2.24) is 14.8 Å². The molecule has 2 rings (SSSR count). The molecule has 0 saturated carbocycles. The van der Waals surface area contributed by atoms with Crippen LogP contribution in [0, 0.1) is 5.82 Å². The number of hydrogen-bond acceptors (Lipinski definition) is 4. The first kappa shape index (κ1) is 14.2. The van der Waals surface area contributed by atoms with Gasteiger partial charge in [0.05, 0.1) is 19.1 Å². The smallest absolute Gasteiger partial charge is 0.177 e. The number of ether oxygens (including phenoxy) is 1. The summed E-state index contributed by atoms with van der Waals surface area (Å²) in [4.78, 5) is 16.3. The van der Waals surface area contributed by atoms with Crippen LogP contribution in [0.1, 0.15) is 36.1 Å². The third kappa shape index (κ3) is 2.68. The van der Waals surface area contributed by atoms with Gasteiger partial charge in [0, 0.05) is 6.04 Å². The van der Waals surface area contributed by atoms with Crippen molar-refractivity contribution in [3.8, 4) is 5.75 Å². The Morgan fingerprint density at radius 3 is 2.85 bits per heavy atom. The summed E-state index contributed by atoms with van der Waals surface area (Å²) in [5, 5.41) is 4.06. The van der Waals surface area contributed by atoms with Crippen molar-refractivity contribution in [3.05, 3.63) is 41.7 Å². The first-order chi connectivity index (χ1) is 9.54. The van der Waals surface area contributed by atoms with Crippen LogP contribution in [-0.2, 0) is 6.42 Å². The molecule has 0 aliphatic rings. The molecule has 1 heterocycles. The Balaban J connectivity index is 2.31. The number of nitrogens with zero attached hydrogens (tertiary/aromatic N) is 3. The Bertz CT molecular complexity index is 623. The number of benzene rings is 1. The van der Waals surface area contributed by atoms with Crippen LogP contribution in [0.5, 0.6) is 5.75 Å². The summed E-state index contributed by atoms with van der Waals surface area (Å²) in [6, 6.07) is 4.39. The molecule has 106 valence electrons. The SMILES string of the molecule is COc1cccc(F)c1C(=O)Cc1ncnn1C(C)C. The molecule has 6 heteroatoms. The molecule has 0 radical (unpaired) electrons. The van der Waals surface area contributed by atoms with Crippen molar-refractivity contribution in [3.63, 3.8) is 0 Å². The van der Waals surface area contributed by atoms with Crippen LogP contribution in [0.4, 0.5) is 4.39 Å². The quantitative estimate of drug-likeness (QED) is 0.788. The zero-order valence-electron chi connectivity index (χ0n) is 11.6. The van der Waals surface area contributed by atoms with Gasteiger partial charge in [-0.3, -0.25) is 4.79 Å². The maximum Gasteiger partial charge on any atom is 0.177 e. The average molecular weight is 277 g/mol. The standard InChI is InChI=1S/C14H16FN3O2/c1-9(2)18-13(16-8-17-18)7-11(19)14-10(15)5-4-6-12(14)20-3/h4-6,8-9H,7H2,1-3H3. The van der Waals surface area contributed by atoms with E-state index in [4.69, 9.17) is 4.74 Å².